The van der Waals surface area contributed by atoms with Crippen LogP contribution in [0.2, 0.25) is 0 Å². The van der Waals surface area contributed by atoms with Gasteiger partial charge < -0.3 is 20.3 Å². The zero-order valence-electron chi connectivity index (χ0n) is 16.2. The maximum Gasteiger partial charge on any atom is 0.308 e. The number of nitrogens with zero attached hydrogens (tertiary/aromatic N) is 2. The number of hydrogen-bond donors (Lipinski definition) is 2. The van der Waals surface area contributed by atoms with Crippen LogP contribution in [0.5, 0.6) is 0 Å². The molecule has 1 fully saturated rings. The molecule has 0 unspecified atom stereocenters. The molecule has 28 heavy (non-hydrogen) atoms. The molecule has 1 aliphatic rings. The molecule has 0 atom stereocenters. The van der Waals surface area contributed by atoms with Crippen LogP contribution in [0, 0.1) is 18.3 Å². The number of rotatable bonds is 5. The number of anilines is 1. The highest BCUT2D eigenvalue weighted by atomic mass is 127. The van der Waals surface area contributed by atoms with E-state index in [4.69, 9.17) is 11.2 Å². The van der Waals surface area contributed by atoms with Crippen LogP contribution >= 0.6 is 24.0 Å². The number of likely N-dealkylation sites (tertiary alicyclic amines) is 1. The summed E-state index contributed by atoms with van der Waals surface area (Å²) in [4.78, 5) is 30.4. The molecule has 152 valence electrons. The number of terminal acetylenes is 1. The summed E-state index contributed by atoms with van der Waals surface area (Å²) in [6, 6.07) is 7.12. The number of methoxy groups -OCH3 is 1. The minimum Gasteiger partial charge on any atom is -0.469 e. The third-order valence-corrected chi connectivity index (χ3v) is 4.35. The second kappa shape index (κ2) is 12.2. The highest BCUT2D eigenvalue weighted by Gasteiger charge is 2.27. The molecule has 0 bridgehead atoms. The summed E-state index contributed by atoms with van der Waals surface area (Å²) in [5, 5.41) is 6.00. The van der Waals surface area contributed by atoms with Gasteiger partial charge in [0.1, 0.15) is 6.54 Å². The van der Waals surface area contributed by atoms with Gasteiger partial charge in [0, 0.05) is 30.9 Å². The lowest BCUT2D eigenvalue weighted by molar-refractivity contribution is -0.146. The second-order valence-electron chi connectivity index (χ2n) is 6.23. The first-order chi connectivity index (χ1) is 13.1. The van der Waals surface area contributed by atoms with Crippen LogP contribution in [0.25, 0.3) is 0 Å². The van der Waals surface area contributed by atoms with E-state index < -0.39 is 0 Å². The van der Waals surface area contributed by atoms with Crippen molar-refractivity contribution in [3.05, 3.63) is 29.8 Å². The minimum absolute atomic E-state index is 0. The van der Waals surface area contributed by atoms with Crippen LogP contribution in [0.3, 0.4) is 0 Å². The lowest BCUT2D eigenvalue weighted by Crippen LogP contribution is -2.47. The van der Waals surface area contributed by atoms with Gasteiger partial charge in [0.05, 0.1) is 13.0 Å². The van der Waals surface area contributed by atoms with Crippen molar-refractivity contribution in [1.29, 1.82) is 0 Å². The molecule has 0 radical (unpaired) electrons. The SMILES string of the molecule is C#Cc1cccc(NC(=O)CN=C(NCC)N2CCC(C(=O)OC)CC2)c1.I. The van der Waals surface area contributed by atoms with Crippen molar-refractivity contribution >= 4 is 47.5 Å². The molecule has 0 aliphatic carbocycles. The maximum absolute atomic E-state index is 12.2. The first kappa shape index (κ1) is 23.8. The highest BCUT2D eigenvalue weighted by molar-refractivity contribution is 14.0. The number of piperidine rings is 1. The number of ether oxygens (including phenoxy) is 1. The molecular weight excluding hydrogens is 471 g/mol. The Balaban J connectivity index is 0.00000392. The van der Waals surface area contributed by atoms with Crippen molar-refractivity contribution in [2.45, 2.75) is 19.8 Å². The minimum atomic E-state index is -0.218. The molecule has 1 heterocycles. The van der Waals surface area contributed by atoms with E-state index in [1.807, 2.05) is 6.92 Å². The van der Waals surface area contributed by atoms with Gasteiger partial charge in [0.15, 0.2) is 5.96 Å². The number of aliphatic imine (C=N–C) groups is 1. The monoisotopic (exact) mass is 498 g/mol. The molecule has 0 aromatic heterocycles. The number of hydrogen-bond acceptors (Lipinski definition) is 4. The van der Waals surface area contributed by atoms with Gasteiger partial charge >= 0.3 is 5.97 Å². The molecule has 0 spiro atoms. The van der Waals surface area contributed by atoms with E-state index in [1.54, 1.807) is 24.3 Å². The topological polar surface area (TPSA) is 83.0 Å². The Morgan fingerprint density at radius 1 is 1.36 bits per heavy atom. The fourth-order valence-electron chi connectivity index (χ4n) is 2.95. The smallest absolute Gasteiger partial charge is 0.308 e. The Hall–Kier alpha value is -2.28. The molecule has 1 saturated heterocycles. The quantitative estimate of drug-likeness (QED) is 0.214. The van der Waals surface area contributed by atoms with Crippen LogP contribution in [0.1, 0.15) is 25.3 Å². The summed E-state index contributed by atoms with van der Waals surface area (Å²) in [5.41, 5.74) is 1.35. The molecule has 2 rings (SSSR count). The van der Waals surface area contributed by atoms with E-state index in [0.29, 0.717) is 49.7 Å². The second-order valence-corrected chi connectivity index (χ2v) is 6.23. The number of guanidine groups is 1. The number of esters is 1. The van der Waals surface area contributed by atoms with E-state index in [1.165, 1.54) is 7.11 Å². The molecule has 1 aliphatic heterocycles. The van der Waals surface area contributed by atoms with Crippen LogP contribution in [0.15, 0.2) is 29.3 Å². The van der Waals surface area contributed by atoms with Crippen molar-refractivity contribution < 1.29 is 14.3 Å². The van der Waals surface area contributed by atoms with Crippen molar-refractivity contribution in [1.82, 2.24) is 10.2 Å². The van der Waals surface area contributed by atoms with Gasteiger partial charge in [-0.05, 0) is 38.0 Å². The Kier molecular flexibility index (Phi) is 10.4. The molecule has 0 saturated carbocycles. The predicted octanol–water partition coefficient (Wildman–Crippen LogP) is 2.07. The van der Waals surface area contributed by atoms with Crippen LogP contribution in [-0.4, -0.2) is 56.0 Å². The number of carbonyl (C=O) groups excluding carboxylic acids is 2. The van der Waals surface area contributed by atoms with Gasteiger partial charge in [-0.3, -0.25) is 9.59 Å². The Morgan fingerprint density at radius 2 is 2.07 bits per heavy atom. The largest absolute Gasteiger partial charge is 0.469 e. The summed E-state index contributed by atoms with van der Waals surface area (Å²) < 4.78 is 4.82. The molecule has 7 nitrogen and oxygen atoms in total. The first-order valence-electron chi connectivity index (χ1n) is 9.05. The van der Waals surface area contributed by atoms with E-state index in [2.05, 4.69) is 26.4 Å². The summed E-state index contributed by atoms with van der Waals surface area (Å²) >= 11 is 0. The van der Waals surface area contributed by atoms with E-state index in [0.717, 1.165) is 0 Å². The zero-order chi connectivity index (χ0) is 19.6. The van der Waals surface area contributed by atoms with Crippen LogP contribution in [0.4, 0.5) is 5.69 Å². The fourth-order valence-corrected chi connectivity index (χ4v) is 2.95. The maximum atomic E-state index is 12.2. The van der Waals surface area contributed by atoms with Crippen molar-refractivity contribution in [3.8, 4) is 12.3 Å². The number of nitrogens with one attached hydrogen (secondary N) is 2. The predicted molar refractivity (Wildman–Crippen MR) is 121 cm³/mol. The first-order valence-corrected chi connectivity index (χ1v) is 9.05. The average Bonchev–Trinajstić information content (AvgIpc) is 2.70. The van der Waals surface area contributed by atoms with E-state index in [9.17, 15) is 9.59 Å². The number of carbonyl (C=O) groups is 2. The Labute approximate surface area is 183 Å². The summed E-state index contributed by atoms with van der Waals surface area (Å²) in [7, 11) is 1.41. The molecule has 1 aromatic rings. The van der Waals surface area contributed by atoms with Gasteiger partial charge in [0.2, 0.25) is 5.91 Å². The van der Waals surface area contributed by atoms with E-state index in [-0.39, 0.29) is 48.3 Å². The lowest BCUT2D eigenvalue weighted by atomic mass is 9.97. The molecule has 1 aromatic carbocycles. The average molecular weight is 498 g/mol. The van der Waals surface area contributed by atoms with Crippen LogP contribution in [-0.2, 0) is 14.3 Å². The van der Waals surface area contributed by atoms with Crippen LogP contribution < -0.4 is 10.6 Å². The molecule has 8 heteroatoms. The van der Waals surface area contributed by atoms with Gasteiger partial charge in [-0.15, -0.1) is 30.4 Å². The molecule has 2 N–H and O–H groups in total. The fraction of sp³-hybridized carbons (Fsp3) is 0.450. The number of amides is 1. The van der Waals surface area contributed by atoms with Gasteiger partial charge in [-0.25, -0.2) is 4.99 Å². The lowest BCUT2D eigenvalue weighted by Gasteiger charge is -2.33. The van der Waals surface area contributed by atoms with Crippen molar-refractivity contribution in [2.75, 3.05) is 38.6 Å². The van der Waals surface area contributed by atoms with Crippen molar-refractivity contribution in [3.63, 3.8) is 0 Å². The summed E-state index contributed by atoms with van der Waals surface area (Å²) in [6.45, 7) is 4.05. The third kappa shape index (κ3) is 7.03. The van der Waals surface area contributed by atoms with Gasteiger partial charge in [-0.1, -0.05) is 12.0 Å². The van der Waals surface area contributed by atoms with Gasteiger partial charge in [0.25, 0.3) is 0 Å². The highest BCUT2D eigenvalue weighted by Crippen LogP contribution is 2.18. The summed E-state index contributed by atoms with van der Waals surface area (Å²) in [5.74, 6) is 2.76. The molecular formula is C20H27IN4O3. The normalized spacial score (nSPS) is 14.5. The third-order valence-electron chi connectivity index (χ3n) is 4.35. The van der Waals surface area contributed by atoms with E-state index >= 15 is 0 Å². The Morgan fingerprint density at radius 3 is 2.68 bits per heavy atom. The standard InChI is InChI=1S/C20H26N4O3.HI/c1-4-15-7-6-8-17(13-15)23-18(25)14-22-20(21-5-2)24-11-9-16(10-12-24)19(26)27-3;/h1,6-8,13,16H,5,9-12,14H2,2-3H3,(H,21,22)(H,23,25);1H. The van der Waals surface area contributed by atoms with Gasteiger partial charge in [-0.2, -0.15) is 0 Å². The zero-order valence-corrected chi connectivity index (χ0v) is 18.6. The Bertz CT molecular complexity index is 737. The molecule has 1 amide bonds. The summed E-state index contributed by atoms with van der Waals surface area (Å²) in [6.07, 6.45) is 6.79. The number of benzene rings is 1. The van der Waals surface area contributed by atoms with Crippen molar-refractivity contribution in [2.24, 2.45) is 10.9 Å². The number of halogens is 1.